The second-order valence-electron chi connectivity index (χ2n) is 8.57. The lowest BCUT2D eigenvalue weighted by molar-refractivity contribution is 0.577. The first-order chi connectivity index (χ1) is 17.3. The lowest BCUT2D eigenvalue weighted by Crippen LogP contribution is -2.00. The molecular weight excluding hydrogens is 763 g/mol. The van der Waals surface area contributed by atoms with Gasteiger partial charge in [-0.05, 0) is 73.8 Å². The quantitative estimate of drug-likeness (QED) is 0.164. The van der Waals surface area contributed by atoms with E-state index in [0.29, 0.717) is 0 Å². The van der Waals surface area contributed by atoms with Gasteiger partial charge < -0.3 is 8.83 Å². The number of halogens is 3. The summed E-state index contributed by atoms with van der Waals surface area (Å²) in [5.41, 5.74) is 3.27. The minimum Gasteiger partial charge on any atom is -0.459 e. The largest absolute Gasteiger partial charge is 0.459 e. The molecule has 0 aliphatic carbocycles. The summed E-state index contributed by atoms with van der Waals surface area (Å²) in [6.07, 6.45) is 0. The smallest absolute Gasteiger partial charge is 0.159 e. The van der Waals surface area contributed by atoms with Gasteiger partial charge in [-0.3, -0.25) is 0 Å². The molecule has 0 amide bonds. The SMILES string of the molecule is Bc1c(-c2sc3cc(C)oc3c2Br)sc2c1sc1c3sc(-c4sc5cc(C)oc5c4Br)c(Br)c3sc21. The van der Waals surface area contributed by atoms with Crippen LogP contribution in [0.3, 0.4) is 0 Å². The highest BCUT2D eigenvalue weighted by Crippen LogP contribution is 2.57. The minimum atomic E-state index is 0.947. The van der Waals surface area contributed by atoms with E-state index in [1.54, 1.807) is 11.3 Å². The van der Waals surface area contributed by atoms with Crippen molar-refractivity contribution in [2.75, 3.05) is 0 Å². The minimum absolute atomic E-state index is 0.947. The molecule has 12 heteroatoms. The molecule has 2 nitrogen and oxygen atoms in total. The molecule has 0 N–H and O–H groups in total. The van der Waals surface area contributed by atoms with Crippen LogP contribution in [0.4, 0.5) is 0 Å². The van der Waals surface area contributed by atoms with Gasteiger partial charge in [-0.25, -0.2) is 0 Å². The predicted octanol–water partition coefficient (Wildman–Crippen LogP) is 11.5. The Bertz CT molecular complexity index is 2030. The van der Waals surface area contributed by atoms with Crippen molar-refractivity contribution in [3.8, 4) is 19.5 Å². The molecule has 0 atom stereocenters. The molecule has 8 rings (SSSR count). The Balaban J connectivity index is 1.32. The lowest BCUT2D eigenvalue weighted by atomic mass is 9.96. The molecule has 0 spiro atoms. The van der Waals surface area contributed by atoms with E-state index in [2.05, 4.69) is 67.8 Å². The van der Waals surface area contributed by atoms with Crippen LogP contribution in [0.5, 0.6) is 0 Å². The second kappa shape index (κ2) is 8.05. The summed E-state index contributed by atoms with van der Waals surface area (Å²) < 4.78 is 25.9. The van der Waals surface area contributed by atoms with E-state index in [4.69, 9.17) is 8.83 Å². The number of hydrogen-bond donors (Lipinski definition) is 0. The molecular formula is C24H10BBr3O2S6. The van der Waals surface area contributed by atoms with Gasteiger partial charge in [0.2, 0.25) is 0 Å². The van der Waals surface area contributed by atoms with E-state index in [1.807, 2.05) is 70.5 Å². The number of fused-ring (bicyclic) bond motifs is 7. The highest BCUT2D eigenvalue weighted by Gasteiger charge is 2.27. The van der Waals surface area contributed by atoms with Crippen LogP contribution >= 0.6 is 116 Å². The number of rotatable bonds is 2. The Morgan fingerprint density at radius 1 is 0.556 bits per heavy atom. The maximum atomic E-state index is 5.95. The van der Waals surface area contributed by atoms with E-state index in [0.717, 1.165) is 31.6 Å². The molecule has 0 radical (unpaired) electrons. The van der Waals surface area contributed by atoms with Crippen LogP contribution in [-0.2, 0) is 0 Å². The fraction of sp³-hybridized carbons (Fsp3) is 0.0833. The van der Waals surface area contributed by atoms with Crippen molar-refractivity contribution in [2.45, 2.75) is 13.8 Å². The van der Waals surface area contributed by atoms with Gasteiger partial charge in [0.05, 0.1) is 60.9 Å². The van der Waals surface area contributed by atoms with Gasteiger partial charge in [0, 0.05) is 9.58 Å². The van der Waals surface area contributed by atoms with Crippen molar-refractivity contribution in [1.82, 2.24) is 0 Å². The highest BCUT2D eigenvalue weighted by atomic mass is 79.9. The molecule has 8 heterocycles. The van der Waals surface area contributed by atoms with Crippen LogP contribution in [0.1, 0.15) is 11.5 Å². The number of thiophene rings is 6. The monoisotopic (exact) mass is 770 g/mol. The van der Waals surface area contributed by atoms with Crippen LogP contribution in [0.2, 0.25) is 0 Å². The molecule has 0 unspecified atom stereocenters. The summed E-state index contributed by atoms with van der Waals surface area (Å²) in [4.78, 5) is 5.12. The maximum Gasteiger partial charge on any atom is 0.159 e. The molecule has 0 bridgehead atoms. The van der Waals surface area contributed by atoms with Crippen LogP contribution in [0.25, 0.3) is 68.3 Å². The fourth-order valence-corrected chi connectivity index (χ4v) is 16.2. The Kier molecular flexibility index (Phi) is 5.24. The molecule has 36 heavy (non-hydrogen) atoms. The zero-order chi connectivity index (χ0) is 24.6. The zero-order valence-corrected chi connectivity index (χ0v) is 28.2. The normalized spacial score (nSPS) is 12.7. The fourth-order valence-electron chi connectivity index (χ4n) is 4.61. The molecule has 178 valence electrons. The van der Waals surface area contributed by atoms with Crippen molar-refractivity contribution < 1.29 is 8.83 Å². The van der Waals surface area contributed by atoms with Crippen LogP contribution in [-0.4, -0.2) is 7.85 Å². The molecule has 0 saturated carbocycles. The number of hydrogen-bond acceptors (Lipinski definition) is 8. The van der Waals surface area contributed by atoms with Gasteiger partial charge in [0.1, 0.15) is 19.4 Å². The molecule has 0 fully saturated rings. The van der Waals surface area contributed by atoms with Gasteiger partial charge in [-0.2, -0.15) is 0 Å². The average molecular weight is 773 g/mol. The number of furan rings is 2. The van der Waals surface area contributed by atoms with E-state index in [1.165, 1.54) is 67.0 Å². The first kappa shape index (κ1) is 23.5. The van der Waals surface area contributed by atoms with E-state index >= 15 is 0 Å². The Morgan fingerprint density at radius 3 is 1.58 bits per heavy atom. The Hall–Kier alpha value is -0.435. The Morgan fingerprint density at radius 2 is 1.00 bits per heavy atom. The summed E-state index contributed by atoms with van der Waals surface area (Å²) >= 11 is 22.8. The molecule has 8 aromatic rings. The first-order valence-electron chi connectivity index (χ1n) is 10.7. The highest BCUT2D eigenvalue weighted by molar-refractivity contribution is 9.11. The third-order valence-electron chi connectivity index (χ3n) is 6.20. The average Bonchev–Trinajstić information content (AvgIpc) is 3.67. The molecule has 0 saturated heterocycles. The third kappa shape index (κ3) is 3.08. The molecule has 0 aliphatic rings. The standard InChI is InChI=1S/C24H10BBr3O2S6/c1-5-3-7-13(29-5)10(26)17(31-7)15-9(25)16-21(33-15)23-24(34-16)22-20(36-23)12(28)19(35-22)18-11(27)14-8(32-18)4-6(2)30-14/h3-4H,25H2,1-2H3. The third-order valence-corrected chi connectivity index (χ3v) is 17.8. The second-order valence-corrected chi connectivity index (χ2v) is 17.1. The lowest BCUT2D eigenvalue weighted by Gasteiger charge is -1.97. The summed E-state index contributed by atoms with van der Waals surface area (Å²) in [7, 11) is 2.26. The van der Waals surface area contributed by atoms with Crippen molar-refractivity contribution in [3.05, 3.63) is 37.1 Å². The Labute approximate surface area is 254 Å². The molecule has 8 aromatic heterocycles. The number of aryl methyl sites for hydroxylation is 2. The van der Waals surface area contributed by atoms with E-state index in [-0.39, 0.29) is 0 Å². The summed E-state index contributed by atoms with van der Waals surface area (Å²) in [6.45, 7) is 4.00. The predicted molar refractivity (Wildman–Crippen MR) is 177 cm³/mol. The van der Waals surface area contributed by atoms with Gasteiger partial charge in [0.15, 0.2) is 11.2 Å². The summed E-state index contributed by atoms with van der Waals surface area (Å²) in [5, 5.41) is 0. The van der Waals surface area contributed by atoms with Gasteiger partial charge in [-0.1, -0.05) is 5.46 Å². The van der Waals surface area contributed by atoms with Gasteiger partial charge >= 0.3 is 0 Å². The van der Waals surface area contributed by atoms with Gasteiger partial charge in [-0.15, -0.1) is 68.0 Å². The molecule has 0 aromatic carbocycles. The van der Waals surface area contributed by atoms with E-state index in [9.17, 15) is 0 Å². The van der Waals surface area contributed by atoms with Crippen LogP contribution < -0.4 is 5.46 Å². The van der Waals surface area contributed by atoms with Crippen LogP contribution in [0.15, 0.2) is 34.4 Å². The van der Waals surface area contributed by atoms with Crippen molar-refractivity contribution >= 4 is 178 Å². The summed E-state index contributed by atoms with van der Waals surface area (Å²) in [5.74, 6) is 1.90. The van der Waals surface area contributed by atoms with Gasteiger partial charge in [0.25, 0.3) is 0 Å². The zero-order valence-electron chi connectivity index (χ0n) is 18.6. The van der Waals surface area contributed by atoms with E-state index < -0.39 is 0 Å². The van der Waals surface area contributed by atoms with Crippen LogP contribution in [0, 0.1) is 13.8 Å². The summed E-state index contributed by atoms with van der Waals surface area (Å²) in [6, 6.07) is 4.25. The topological polar surface area (TPSA) is 26.3 Å². The van der Waals surface area contributed by atoms with Crippen molar-refractivity contribution in [3.63, 3.8) is 0 Å². The first-order valence-corrected chi connectivity index (χ1v) is 18.0. The maximum absolute atomic E-state index is 5.95. The van der Waals surface area contributed by atoms with Crippen molar-refractivity contribution in [1.29, 1.82) is 0 Å². The molecule has 0 aliphatic heterocycles. The van der Waals surface area contributed by atoms with Crippen molar-refractivity contribution in [2.24, 2.45) is 0 Å².